The monoisotopic (exact) mass is 384 g/mol. The predicted octanol–water partition coefficient (Wildman–Crippen LogP) is 2.46. The van der Waals surface area contributed by atoms with Crippen LogP contribution >= 0.6 is 0 Å². The SMILES string of the molecule is O=C(O)CNS(=O)(=O)c1ccc(NC(=O)c2ccc3ccccc3c2)cc1. The number of carbonyl (C=O) groups is 2. The molecule has 0 atom stereocenters. The van der Waals surface area contributed by atoms with Crippen molar-refractivity contribution in [2.75, 3.05) is 11.9 Å². The first-order valence-electron chi connectivity index (χ1n) is 7.97. The summed E-state index contributed by atoms with van der Waals surface area (Å²) in [5.74, 6) is -1.60. The largest absolute Gasteiger partial charge is 0.480 e. The van der Waals surface area contributed by atoms with Crippen molar-refractivity contribution >= 4 is 38.4 Å². The van der Waals surface area contributed by atoms with Gasteiger partial charge >= 0.3 is 5.97 Å². The van der Waals surface area contributed by atoms with Gasteiger partial charge in [-0.1, -0.05) is 30.3 Å². The van der Waals surface area contributed by atoms with E-state index in [1.54, 1.807) is 12.1 Å². The molecule has 3 N–H and O–H groups in total. The number of carboxylic acid groups (broad SMARTS) is 1. The van der Waals surface area contributed by atoms with Gasteiger partial charge < -0.3 is 10.4 Å². The van der Waals surface area contributed by atoms with Crippen LogP contribution < -0.4 is 10.0 Å². The Morgan fingerprint density at radius 2 is 1.56 bits per heavy atom. The Balaban J connectivity index is 1.73. The Kier molecular flexibility index (Phi) is 5.20. The van der Waals surface area contributed by atoms with E-state index in [-0.39, 0.29) is 10.8 Å². The average molecular weight is 384 g/mol. The molecule has 0 spiro atoms. The molecule has 0 saturated carbocycles. The second-order valence-electron chi connectivity index (χ2n) is 5.76. The number of hydrogen-bond donors (Lipinski definition) is 3. The molecule has 0 saturated heterocycles. The molecule has 1 amide bonds. The fraction of sp³-hybridized carbons (Fsp3) is 0.0526. The van der Waals surface area contributed by atoms with Crippen molar-refractivity contribution in [1.82, 2.24) is 4.72 Å². The van der Waals surface area contributed by atoms with Crippen LogP contribution in [-0.4, -0.2) is 31.9 Å². The standard InChI is InChI=1S/C19H16N2O5S/c22-18(23)12-20-27(25,26)17-9-7-16(8-10-17)21-19(24)15-6-5-13-3-1-2-4-14(13)11-15/h1-11,20H,12H2,(H,21,24)(H,22,23). The molecule has 0 aromatic heterocycles. The third-order valence-electron chi connectivity index (χ3n) is 3.85. The van der Waals surface area contributed by atoms with Crippen molar-refractivity contribution < 1.29 is 23.1 Å². The van der Waals surface area contributed by atoms with Crippen molar-refractivity contribution in [2.45, 2.75) is 4.90 Å². The molecular weight excluding hydrogens is 368 g/mol. The van der Waals surface area contributed by atoms with E-state index in [1.165, 1.54) is 24.3 Å². The molecule has 138 valence electrons. The van der Waals surface area contributed by atoms with Gasteiger partial charge in [-0.05, 0) is 47.2 Å². The number of carboxylic acids is 1. The fourth-order valence-electron chi connectivity index (χ4n) is 2.49. The highest BCUT2D eigenvalue weighted by molar-refractivity contribution is 7.89. The minimum Gasteiger partial charge on any atom is -0.480 e. The Hall–Kier alpha value is -3.23. The van der Waals surface area contributed by atoms with Crippen LogP contribution in [0.2, 0.25) is 0 Å². The van der Waals surface area contributed by atoms with E-state index in [0.717, 1.165) is 10.8 Å². The molecule has 0 aliphatic rings. The first kappa shape index (κ1) is 18.6. The number of carbonyl (C=O) groups excluding carboxylic acids is 1. The number of hydrogen-bond acceptors (Lipinski definition) is 4. The molecule has 3 rings (SSSR count). The minimum atomic E-state index is -3.92. The molecule has 27 heavy (non-hydrogen) atoms. The highest BCUT2D eigenvalue weighted by Gasteiger charge is 2.15. The summed E-state index contributed by atoms with van der Waals surface area (Å²) >= 11 is 0. The van der Waals surface area contributed by atoms with Crippen LogP contribution in [0.15, 0.2) is 71.6 Å². The summed E-state index contributed by atoms with van der Waals surface area (Å²) in [5, 5.41) is 13.2. The Bertz CT molecular complexity index is 1110. The fourth-order valence-corrected chi connectivity index (χ4v) is 3.47. The number of sulfonamides is 1. The highest BCUT2D eigenvalue weighted by Crippen LogP contribution is 2.18. The topological polar surface area (TPSA) is 113 Å². The van der Waals surface area contributed by atoms with Crippen molar-refractivity contribution in [3.05, 3.63) is 72.3 Å². The van der Waals surface area contributed by atoms with E-state index in [1.807, 2.05) is 35.1 Å². The quantitative estimate of drug-likeness (QED) is 0.604. The van der Waals surface area contributed by atoms with Gasteiger partial charge in [0.2, 0.25) is 10.0 Å². The zero-order valence-electron chi connectivity index (χ0n) is 14.0. The number of anilines is 1. The zero-order chi connectivity index (χ0) is 19.4. The molecule has 7 nitrogen and oxygen atoms in total. The van der Waals surface area contributed by atoms with E-state index < -0.39 is 22.5 Å². The van der Waals surface area contributed by atoms with Gasteiger partial charge in [0.25, 0.3) is 5.91 Å². The van der Waals surface area contributed by atoms with Crippen LogP contribution in [0.3, 0.4) is 0 Å². The van der Waals surface area contributed by atoms with Gasteiger partial charge in [0.1, 0.15) is 6.54 Å². The maximum absolute atomic E-state index is 12.4. The van der Waals surface area contributed by atoms with Crippen LogP contribution in [0.1, 0.15) is 10.4 Å². The van der Waals surface area contributed by atoms with Gasteiger partial charge in [0.15, 0.2) is 0 Å². The van der Waals surface area contributed by atoms with Crippen molar-refractivity contribution in [2.24, 2.45) is 0 Å². The molecule has 0 unspecified atom stereocenters. The van der Waals surface area contributed by atoms with Gasteiger partial charge in [-0.3, -0.25) is 9.59 Å². The maximum Gasteiger partial charge on any atom is 0.318 e. The molecule has 0 radical (unpaired) electrons. The Morgan fingerprint density at radius 3 is 2.22 bits per heavy atom. The summed E-state index contributed by atoms with van der Waals surface area (Å²) in [4.78, 5) is 22.8. The molecule has 8 heteroatoms. The summed E-state index contributed by atoms with van der Waals surface area (Å²) in [6.45, 7) is -0.706. The molecule has 3 aromatic carbocycles. The lowest BCUT2D eigenvalue weighted by molar-refractivity contribution is -0.135. The normalized spacial score (nSPS) is 11.3. The summed E-state index contributed by atoms with van der Waals surface area (Å²) in [5.41, 5.74) is 0.902. The van der Waals surface area contributed by atoms with Crippen LogP contribution in [0.25, 0.3) is 10.8 Å². The maximum atomic E-state index is 12.4. The summed E-state index contributed by atoms with van der Waals surface area (Å²) in [6, 6.07) is 18.5. The third-order valence-corrected chi connectivity index (χ3v) is 5.26. The Labute approximate surface area is 155 Å². The molecular formula is C19H16N2O5S. The highest BCUT2D eigenvalue weighted by atomic mass is 32.2. The van der Waals surface area contributed by atoms with Gasteiger partial charge in [-0.25, -0.2) is 8.42 Å². The lowest BCUT2D eigenvalue weighted by Gasteiger charge is -2.08. The van der Waals surface area contributed by atoms with Crippen LogP contribution in [0.5, 0.6) is 0 Å². The summed E-state index contributed by atoms with van der Waals surface area (Å²) in [6.07, 6.45) is 0. The number of fused-ring (bicyclic) bond motifs is 1. The lowest BCUT2D eigenvalue weighted by atomic mass is 10.1. The molecule has 0 bridgehead atoms. The Morgan fingerprint density at radius 1 is 0.889 bits per heavy atom. The van der Waals surface area contributed by atoms with Crippen LogP contribution in [0, 0.1) is 0 Å². The predicted molar refractivity (Wildman–Crippen MR) is 101 cm³/mol. The van der Waals surface area contributed by atoms with Gasteiger partial charge in [0.05, 0.1) is 4.90 Å². The number of aliphatic carboxylic acids is 1. The molecule has 0 heterocycles. The zero-order valence-corrected chi connectivity index (χ0v) is 14.9. The van der Waals surface area contributed by atoms with E-state index in [9.17, 15) is 18.0 Å². The number of rotatable bonds is 6. The summed E-state index contributed by atoms with van der Waals surface area (Å²) < 4.78 is 25.9. The second-order valence-corrected chi connectivity index (χ2v) is 7.53. The molecule has 0 aliphatic heterocycles. The van der Waals surface area contributed by atoms with Gasteiger partial charge in [0, 0.05) is 11.3 Å². The molecule has 0 fully saturated rings. The van der Waals surface area contributed by atoms with E-state index in [4.69, 9.17) is 5.11 Å². The average Bonchev–Trinajstić information content (AvgIpc) is 2.66. The first-order chi connectivity index (χ1) is 12.8. The van der Waals surface area contributed by atoms with Crippen molar-refractivity contribution in [3.63, 3.8) is 0 Å². The summed E-state index contributed by atoms with van der Waals surface area (Å²) in [7, 11) is -3.92. The van der Waals surface area contributed by atoms with E-state index in [0.29, 0.717) is 11.3 Å². The third kappa shape index (κ3) is 4.49. The minimum absolute atomic E-state index is 0.0903. The van der Waals surface area contributed by atoms with E-state index >= 15 is 0 Å². The van der Waals surface area contributed by atoms with Crippen LogP contribution in [0.4, 0.5) is 5.69 Å². The molecule has 3 aromatic rings. The van der Waals surface area contributed by atoms with Crippen molar-refractivity contribution in [1.29, 1.82) is 0 Å². The smallest absolute Gasteiger partial charge is 0.318 e. The number of nitrogens with one attached hydrogen (secondary N) is 2. The first-order valence-corrected chi connectivity index (χ1v) is 9.45. The van der Waals surface area contributed by atoms with Crippen LogP contribution in [-0.2, 0) is 14.8 Å². The number of benzene rings is 3. The van der Waals surface area contributed by atoms with Gasteiger partial charge in [-0.15, -0.1) is 0 Å². The molecule has 0 aliphatic carbocycles. The second kappa shape index (κ2) is 7.56. The van der Waals surface area contributed by atoms with Gasteiger partial charge in [-0.2, -0.15) is 4.72 Å². The lowest BCUT2D eigenvalue weighted by Crippen LogP contribution is -2.29. The van der Waals surface area contributed by atoms with E-state index in [2.05, 4.69) is 5.32 Å². The number of amides is 1. The van der Waals surface area contributed by atoms with Crippen molar-refractivity contribution in [3.8, 4) is 0 Å².